The second-order valence-electron chi connectivity index (χ2n) is 4.87. The van der Waals surface area contributed by atoms with E-state index in [1.165, 1.54) is 17.3 Å². The van der Waals surface area contributed by atoms with E-state index in [1.54, 1.807) is 6.08 Å². The summed E-state index contributed by atoms with van der Waals surface area (Å²) in [6.07, 6.45) is 2.93. The van der Waals surface area contributed by atoms with E-state index in [4.69, 9.17) is 5.11 Å². The number of carbonyl (C=O) groups is 1. The van der Waals surface area contributed by atoms with Crippen LogP contribution in [0.4, 0.5) is 5.69 Å². The molecule has 2 rings (SSSR count). The molecule has 102 valence electrons. The molecule has 4 heteroatoms. The first-order valence-electron chi connectivity index (χ1n) is 6.58. The monoisotopic (exact) mass is 260 g/mol. The summed E-state index contributed by atoms with van der Waals surface area (Å²) in [6.45, 7) is 6.74. The smallest absolute Gasteiger partial charge is 0.328 e. The van der Waals surface area contributed by atoms with Crippen molar-refractivity contribution in [2.75, 3.05) is 37.6 Å². The van der Waals surface area contributed by atoms with Gasteiger partial charge in [0, 0.05) is 44.5 Å². The zero-order valence-electron chi connectivity index (χ0n) is 11.2. The van der Waals surface area contributed by atoms with Crippen LogP contribution in [0.25, 0.3) is 0 Å². The van der Waals surface area contributed by atoms with Crippen LogP contribution < -0.4 is 4.90 Å². The van der Waals surface area contributed by atoms with Crippen LogP contribution in [-0.2, 0) is 4.79 Å². The fourth-order valence-electron chi connectivity index (χ4n) is 2.32. The minimum atomic E-state index is -0.876. The molecule has 0 aliphatic carbocycles. The Morgan fingerprint density at radius 3 is 2.68 bits per heavy atom. The Morgan fingerprint density at radius 1 is 1.32 bits per heavy atom. The third-order valence-electron chi connectivity index (χ3n) is 3.36. The number of benzene rings is 1. The fourth-order valence-corrected chi connectivity index (χ4v) is 2.32. The molecule has 1 aliphatic rings. The number of anilines is 1. The Bertz CT molecular complexity index is 463. The molecule has 0 amide bonds. The highest BCUT2D eigenvalue weighted by molar-refractivity contribution is 5.79. The van der Waals surface area contributed by atoms with E-state index in [2.05, 4.69) is 41.0 Å². The Kier molecular flexibility index (Phi) is 4.58. The number of rotatable bonds is 4. The van der Waals surface area contributed by atoms with Crippen molar-refractivity contribution in [3.8, 4) is 0 Å². The van der Waals surface area contributed by atoms with Crippen LogP contribution in [0.2, 0.25) is 0 Å². The van der Waals surface area contributed by atoms with Crippen LogP contribution >= 0.6 is 0 Å². The molecular formula is C15H20N2O2. The molecule has 0 aromatic heterocycles. The van der Waals surface area contributed by atoms with Gasteiger partial charge in [-0.05, 0) is 24.6 Å². The summed E-state index contributed by atoms with van der Waals surface area (Å²) in [5.41, 5.74) is 2.56. The minimum absolute atomic E-state index is 0.716. The molecule has 19 heavy (non-hydrogen) atoms. The lowest BCUT2D eigenvalue weighted by Crippen LogP contribution is -2.46. The van der Waals surface area contributed by atoms with Crippen molar-refractivity contribution in [1.29, 1.82) is 0 Å². The third kappa shape index (κ3) is 4.10. The van der Waals surface area contributed by atoms with Crippen molar-refractivity contribution in [2.45, 2.75) is 6.92 Å². The highest BCUT2D eigenvalue weighted by atomic mass is 16.4. The summed E-state index contributed by atoms with van der Waals surface area (Å²) in [6, 6.07) is 8.55. The van der Waals surface area contributed by atoms with Crippen molar-refractivity contribution in [1.82, 2.24) is 4.90 Å². The third-order valence-corrected chi connectivity index (χ3v) is 3.36. The maximum atomic E-state index is 10.4. The Labute approximate surface area is 113 Å². The molecule has 1 saturated heterocycles. The molecule has 1 fully saturated rings. The van der Waals surface area contributed by atoms with E-state index in [0.717, 1.165) is 26.2 Å². The van der Waals surface area contributed by atoms with Crippen molar-refractivity contribution in [3.05, 3.63) is 42.0 Å². The van der Waals surface area contributed by atoms with E-state index < -0.39 is 5.97 Å². The lowest BCUT2D eigenvalue weighted by molar-refractivity contribution is -0.131. The molecule has 1 N–H and O–H groups in total. The first-order valence-corrected chi connectivity index (χ1v) is 6.58. The lowest BCUT2D eigenvalue weighted by Gasteiger charge is -2.35. The zero-order chi connectivity index (χ0) is 13.7. The van der Waals surface area contributed by atoms with E-state index in [1.807, 2.05) is 0 Å². The van der Waals surface area contributed by atoms with Crippen molar-refractivity contribution in [3.63, 3.8) is 0 Å². The van der Waals surface area contributed by atoms with Gasteiger partial charge in [0.05, 0.1) is 0 Å². The number of carboxylic acids is 1. The first kappa shape index (κ1) is 13.6. The average molecular weight is 260 g/mol. The van der Waals surface area contributed by atoms with Gasteiger partial charge in [0.1, 0.15) is 0 Å². The number of hydrogen-bond acceptors (Lipinski definition) is 3. The van der Waals surface area contributed by atoms with Crippen LogP contribution in [0.5, 0.6) is 0 Å². The number of nitrogens with zero attached hydrogens (tertiary/aromatic N) is 2. The highest BCUT2D eigenvalue weighted by Crippen LogP contribution is 2.17. The lowest BCUT2D eigenvalue weighted by atomic mass is 10.2. The number of aryl methyl sites for hydroxylation is 1. The van der Waals surface area contributed by atoms with Crippen molar-refractivity contribution < 1.29 is 9.90 Å². The van der Waals surface area contributed by atoms with E-state index in [0.29, 0.717) is 6.54 Å². The van der Waals surface area contributed by atoms with Gasteiger partial charge in [0.2, 0.25) is 0 Å². The zero-order valence-corrected chi connectivity index (χ0v) is 11.2. The average Bonchev–Trinajstić information content (AvgIpc) is 2.39. The Morgan fingerprint density at radius 2 is 2.05 bits per heavy atom. The second-order valence-corrected chi connectivity index (χ2v) is 4.87. The summed E-state index contributed by atoms with van der Waals surface area (Å²) in [7, 11) is 0. The standard InChI is InChI=1S/C15H20N2O2/c1-13-4-2-5-14(12-13)17-10-8-16(9-11-17)7-3-6-15(18)19/h2-6,12H,7-11H2,1H3,(H,18,19). The Balaban J connectivity index is 1.84. The minimum Gasteiger partial charge on any atom is -0.478 e. The summed E-state index contributed by atoms with van der Waals surface area (Å²) in [4.78, 5) is 15.0. The first-order chi connectivity index (χ1) is 9.15. The van der Waals surface area contributed by atoms with Gasteiger partial charge in [-0.3, -0.25) is 4.90 Å². The van der Waals surface area contributed by atoms with Gasteiger partial charge in [-0.1, -0.05) is 18.2 Å². The van der Waals surface area contributed by atoms with Crippen LogP contribution in [0.15, 0.2) is 36.4 Å². The molecule has 1 aromatic carbocycles. The van der Waals surface area contributed by atoms with Gasteiger partial charge in [0.15, 0.2) is 0 Å². The quantitative estimate of drug-likeness (QED) is 0.838. The van der Waals surface area contributed by atoms with Crippen LogP contribution in [0.1, 0.15) is 5.56 Å². The van der Waals surface area contributed by atoms with Gasteiger partial charge in [0.25, 0.3) is 0 Å². The second kappa shape index (κ2) is 6.38. The SMILES string of the molecule is Cc1cccc(N2CCN(CC=CC(=O)O)CC2)c1. The molecule has 0 atom stereocenters. The summed E-state index contributed by atoms with van der Waals surface area (Å²) in [5.74, 6) is -0.876. The van der Waals surface area contributed by atoms with Gasteiger partial charge < -0.3 is 10.0 Å². The number of carboxylic acid groups (broad SMARTS) is 1. The van der Waals surface area contributed by atoms with Gasteiger partial charge in [-0.2, -0.15) is 0 Å². The van der Waals surface area contributed by atoms with Gasteiger partial charge in [-0.25, -0.2) is 4.79 Å². The normalized spacial score (nSPS) is 17.0. The number of aliphatic carboxylic acids is 1. The van der Waals surface area contributed by atoms with Gasteiger partial charge in [-0.15, -0.1) is 0 Å². The molecular weight excluding hydrogens is 240 g/mol. The molecule has 0 bridgehead atoms. The van der Waals surface area contributed by atoms with Crippen molar-refractivity contribution >= 4 is 11.7 Å². The molecule has 4 nitrogen and oxygen atoms in total. The maximum absolute atomic E-state index is 10.4. The van der Waals surface area contributed by atoms with Crippen LogP contribution in [-0.4, -0.2) is 48.7 Å². The molecule has 0 spiro atoms. The molecule has 0 unspecified atom stereocenters. The topological polar surface area (TPSA) is 43.8 Å². The van der Waals surface area contributed by atoms with E-state index in [9.17, 15) is 4.79 Å². The fraction of sp³-hybridized carbons (Fsp3) is 0.400. The molecule has 1 aliphatic heterocycles. The highest BCUT2D eigenvalue weighted by Gasteiger charge is 2.16. The largest absolute Gasteiger partial charge is 0.478 e. The maximum Gasteiger partial charge on any atom is 0.328 e. The predicted octanol–water partition coefficient (Wildman–Crippen LogP) is 1.76. The molecule has 1 aromatic rings. The molecule has 1 heterocycles. The summed E-state index contributed by atoms with van der Waals surface area (Å²) >= 11 is 0. The van der Waals surface area contributed by atoms with Crippen LogP contribution in [0.3, 0.4) is 0 Å². The summed E-state index contributed by atoms with van der Waals surface area (Å²) < 4.78 is 0. The summed E-state index contributed by atoms with van der Waals surface area (Å²) in [5, 5.41) is 8.55. The van der Waals surface area contributed by atoms with Crippen LogP contribution in [0, 0.1) is 6.92 Å². The molecule has 0 radical (unpaired) electrons. The van der Waals surface area contributed by atoms with E-state index >= 15 is 0 Å². The Hall–Kier alpha value is -1.81. The number of piperazine rings is 1. The van der Waals surface area contributed by atoms with Gasteiger partial charge >= 0.3 is 5.97 Å². The predicted molar refractivity (Wildman–Crippen MR) is 76.6 cm³/mol. The number of hydrogen-bond donors (Lipinski definition) is 1. The molecule has 0 saturated carbocycles. The van der Waals surface area contributed by atoms with Crippen molar-refractivity contribution in [2.24, 2.45) is 0 Å². The van der Waals surface area contributed by atoms with E-state index in [-0.39, 0.29) is 0 Å².